The minimum Gasteiger partial charge on any atom is -0.508 e. The number of halogens is 1. The Bertz CT molecular complexity index is 718. The van der Waals surface area contributed by atoms with Gasteiger partial charge >= 0.3 is 6.09 Å². The van der Waals surface area contributed by atoms with E-state index >= 15 is 0 Å². The van der Waals surface area contributed by atoms with E-state index in [-0.39, 0.29) is 18.3 Å². The van der Waals surface area contributed by atoms with Gasteiger partial charge in [0, 0.05) is 21.4 Å². The van der Waals surface area contributed by atoms with Crippen LogP contribution < -0.4 is 5.32 Å². The van der Waals surface area contributed by atoms with E-state index in [0.717, 1.165) is 9.13 Å². The Balaban J connectivity index is 2.19. The number of hydrogen-bond donors (Lipinski definition) is 3. The molecule has 0 saturated heterocycles. The van der Waals surface area contributed by atoms with Gasteiger partial charge in [0.1, 0.15) is 11.9 Å². The van der Waals surface area contributed by atoms with Gasteiger partial charge in [0.2, 0.25) is 0 Å². The van der Waals surface area contributed by atoms with Crippen molar-refractivity contribution < 1.29 is 19.7 Å². The van der Waals surface area contributed by atoms with Gasteiger partial charge in [-0.05, 0) is 72.2 Å². The molecule has 0 aliphatic carbocycles. The van der Waals surface area contributed by atoms with E-state index in [2.05, 4.69) is 27.9 Å². The number of carbonyl (C=O) groups excluding carboxylic acids is 1. The molecule has 0 fully saturated rings. The molecule has 0 aliphatic rings. The van der Waals surface area contributed by atoms with Crippen LogP contribution in [0.2, 0.25) is 0 Å². The zero-order valence-electron chi connectivity index (χ0n) is 14.2. The van der Waals surface area contributed by atoms with Gasteiger partial charge < -0.3 is 14.9 Å². The zero-order chi connectivity index (χ0) is 18.4. The first-order valence-electron chi connectivity index (χ1n) is 8.04. The molecule has 2 atom stereocenters. The number of hydrogen-bond acceptors (Lipinski definition) is 4. The highest BCUT2D eigenvalue weighted by atomic mass is 127. The monoisotopic (exact) mass is 455 g/mol. The van der Waals surface area contributed by atoms with Crippen molar-refractivity contribution in [3.05, 3.63) is 57.2 Å². The van der Waals surface area contributed by atoms with E-state index < -0.39 is 12.2 Å². The van der Waals surface area contributed by atoms with Crippen LogP contribution in [0.1, 0.15) is 30.6 Å². The lowest BCUT2D eigenvalue weighted by Crippen LogP contribution is -2.22. The van der Waals surface area contributed by atoms with Crippen molar-refractivity contribution in [3.8, 4) is 5.75 Å². The highest BCUT2D eigenvalue weighted by Gasteiger charge is 2.26. The van der Waals surface area contributed by atoms with Crippen LogP contribution in [0.3, 0.4) is 0 Å². The number of amides is 1. The SMILES string of the molecule is Cc1ccc(NC(=O)O[C@H](c2cc(I)ccc2O)[C@@H](C)CCO)cc1. The fraction of sp³-hybridized carbons (Fsp3) is 0.316. The molecule has 134 valence electrons. The average molecular weight is 455 g/mol. The summed E-state index contributed by atoms with van der Waals surface area (Å²) in [5, 5.41) is 22.1. The Morgan fingerprint density at radius 1 is 1.24 bits per heavy atom. The van der Waals surface area contributed by atoms with Crippen LogP contribution >= 0.6 is 22.6 Å². The van der Waals surface area contributed by atoms with Crippen molar-refractivity contribution >= 4 is 34.4 Å². The summed E-state index contributed by atoms with van der Waals surface area (Å²) < 4.78 is 6.52. The molecule has 0 radical (unpaired) electrons. The van der Waals surface area contributed by atoms with E-state index in [0.29, 0.717) is 17.7 Å². The largest absolute Gasteiger partial charge is 0.508 e. The Hall–Kier alpha value is -1.80. The second-order valence-corrected chi connectivity index (χ2v) is 7.26. The number of benzene rings is 2. The predicted molar refractivity (Wildman–Crippen MR) is 106 cm³/mol. The Morgan fingerprint density at radius 3 is 2.56 bits per heavy atom. The number of rotatable bonds is 6. The van der Waals surface area contributed by atoms with Crippen LogP contribution in [-0.4, -0.2) is 22.9 Å². The van der Waals surface area contributed by atoms with Crippen molar-refractivity contribution in [1.29, 1.82) is 0 Å². The molecule has 3 N–H and O–H groups in total. The summed E-state index contributed by atoms with van der Waals surface area (Å²) in [6, 6.07) is 12.5. The molecule has 0 saturated carbocycles. The molecule has 0 bridgehead atoms. The minimum atomic E-state index is -0.660. The van der Waals surface area contributed by atoms with Crippen molar-refractivity contribution in [2.45, 2.75) is 26.4 Å². The molecule has 2 rings (SSSR count). The second-order valence-electron chi connectivity index (χ2n) is 6.01. The number of phenols is 1. The number of aliphatic hydroxyl groups excluding tert-OH is 1. The standard InChI is InChI=1S/C19H22INO4/c1-12-3-6-15(7-4-12)21-19(24)25-18(13(2)9-10-22)16-11-14(20)5-8-17(16)23/h3-8,11,13,18,22-23H,9-10H2,1-2H3,(H,21,24)/t13-,18-/m0/s1. The summed E-state index contributed by atoms with van der Waals surface area (Å²) >= 11 is 2.14. The highest BCUT2D eigenvalue weighted by molar-refractivity contribution is 14.1. The van der Waals surface area contributed by atoms with E-state index in [1.165, 1.54) is 0 Å². The quantitative estimate of drug-likeness (QED) is 0.556. The maximum absolute atomic E-state index is 12.3. The normalized spacial score (nSPS) is 13.1. The Morgan fingerprint density at radius 2 is 1.92 bits per heavy atom. The van der Waals surface area contributed by atoms with Crippen molar-refractivity contribution in [1.82, 2.24) is 0 Å². The van der Waals surface area contributed by atoms with Crippen LogP contribution in [0.5, 0.6) is 5.75 Å². The number of aliphatic hydroxyl groups is 1. The van der Waals surface area contributed by atoms with Crippen molar-refractivity contribution in [2.24, 2.45) is 5.92 Å². The third kappa shape index (κ3) is 5.61. The fourth-order valence-electron chi connectivity index (χ4n) is 2.49. The Labute approximate surface area is 161 Å². The van der Waals surface area contributed by atoms with Gasteiger partial charge in [0.05, 0.1) is 0 Å². The molecule has 0 aromatic heterocycles. The molecule has 2 aromatic carbocycles. The summed E-state index contributed by atoms with van der Waals surface area (Å²) in [6.07, 6.45) is -0.808. The van der Waals surface area contributed by atoms with Gasteiger partial charge in [0.15, 0.2) is 0 Å². The van der Waals surface area contributed by atoms with Gasteiger partial charge in [-0.1, -0.05) is 24.6 Å². The number of aryl methyl sites for hydroxylation is 1. The number of nitrogens with one attached hydrogen (secondary N) is 1. The molecule has 1 amide bonds. The fourth-order valence-corrected chi connectivity index (χ4v) is 3.01. The van der Waals surface area contributed by atoms with E-state index in [9.17, 15) is 15.0 Å². The number of ether oxygens (including phenoxy) is 1. The van der Waals surface area contributed by atoms with Gasteiger partial charge in [-0.15, -0.1) is 0 Å². The van der Waals surface area contributed by atoms with Crippen LogP contribution in [-0.2, 0) is 4.74 Å². The summed E-state index contributed by atoms with van der Waals surface area (Å²) in [7, 11) is 0. The molecule has 0 unspecified atom stereocenters. The van der Waals surface area contributed by atoms with Crippen LogP contribution in [0.25, 0.3) is 0 Å². The first-order chi connectivity index (χ1) is 11.9. The summed E-state index contributed by atoms with van der Waals surface area (Å²) in [5.74, 6) is -0.0868. The lowest BCUT2D eigenvalue weighted by atomic mass is 9.94. The van der Waals surface area contributed by atoms with Crippen LogP contribution in [0, 0.1) is 16.4 Å². The lowest BCUT2D eigenvalue weighted by Gasteiger charge is -2.25. The first-order valence-corrected chi connectivity index (χ1v) is 9.12. The first kappa shape index (κ1) is 19.5. The number of aromatic hydroxyl groups is 1. The number of phenolic OH excluding ortho intramolecular Hbond substituents is 1. The summed E-state index contributed by atoms with van der Waals surface area (Å²) in [6.45, 7) is 3.82. The molecule has 0 aliphatic heterocycles. The van der Waals surface area contributed by atoms with Gasteiger partial charge in [0.25, 0.3) is 0 Å². The smallest absolute Gasteiger partial charge is 0.412 e. The van der Waals surface area contributed by atoms with Gasteiger partial charge in [-0.2, -0.15) is 0 Å². The third-order valence-corrected chi connectivity index (χ3v) is 4.60. The molecule has 0 heterocycles. The molecular formula is C19H22INO4. The number of anilines is 1. The Kier molecular flexibility index (Phi) is 7.07. The molecule has 6 heteroatoms. The van der Waals surface area contributed by atoms with Gasteiger partial charge in [-0.25, -0.2) is 4.79 Å². The molecule has 5 nitrogen and oxygen atoms in total. The minimum absolute atomic E-state index is 0.0225. The second kappa shape index (κ2) is 9.05. The maximum atomic E-state index is 12.3. The molecule has 2 aromatic rings. The summed E-state index contributed by atoms with van der Waals surface area (Å²) in [5.41, 5.74) is 2.26. The third-order valence-electron chi connectivity index (χ3n) is 3.93. The lowest BCUT2D eigenvalue weighted by molar-refractivity contribution is 0.0652. The maximum Gasteiger partial charge on any atom is 0.412 e. The van der Waals surface area contributed by atoms with Crippen molar-refractivity contribution in [2.75, 3.05) is 11.9 Å². The van der Waals surface area contributed by atoms with Crippen LogP contribution in [0.4, 0.5) is 10.5 Å². The zero-order valence-corrected chi connectivity index (χ0v) is 16.4. The summed E-state index contributed by atoms with van der Waals surface area (Å²) in [4.78, 5) is 12.3. The van der Waals surface area contributed by atoms with E-state index in [1.54, 1.807) is 30.3 Å². The van der Waals surface area contributed by atoms with Crippen LogP contribution in [0.15, 0.2) is 42.5 Å². The van der Waals surface area contributed by atoms with Gasteiger partial charge in [-0.3, -0.25) is 5.32 Å². The number of carbonyl (C=O) groups is 1. The topological polar surface area (TPSA) is 78.8 Å². The van der Waals surface area contributed by atoms with Crippen molar-refractivity contribution in [3.63, 3.8) is 0 Å². The predicted octanol–water partition coefficient (Wildman–Crippen LogP) is 4.61. The average Bonchev–Trinajstić information content (AvgIpc) is 2.57. The molecular weight excluding hydrogens is 433 g/mol. The highest BCUT2D eigenvalue weighted by Crippen LogP contribution is 2.35. The molecule has 25 heavy (non-hydrogen) atoms. The van der Waals surface area contributed by atoms with E-state index in [1.807, 2.05) is 26.0 Å². The van der Waals surface area contributed by atoms with E-state index in [4.69, 9.17) is 4.74 Å². The molecule has 0 spiro atoms.